The Labute approximate surface area is 152 Å². The maximum absolute atomic E-state index is 11.9. The van der Waals surface area contributed by atoms with Crippen molar-refractivity contribution in [2.45, 2.75) is 31.3 Å². The second kappa shape index (κ2) is 7.22. The second-order valence-electron chi connectivity index (χ2n) is 6.71. The summed E-state index contributed by atoms with van der Waals surface area (Å²) in [5.74, 6) is -0.764. The van der Waals surface area contributed by atoms with Gasteiger partial charge in [-0.2, -0.15) is 0 Å². The van der Waals surface area contributed by atoms with Gasteiger partial charge in [-0.15, -0.1) is 0 Å². The Hall–Kier alpha value is -2.79. The first-order valence-electron chi connectivity index (χ1n) is 8.98. The van der Waals surface area contributed by atoms with Crippen LogP contribution in [-0.4, -0.2) is 38.5 Å². The average molecular weight is 347 g/mol. The molecule has 2 aromatic heterocycles. The lowest BCUT2D eigenvalue weighted by atomic mass is 9.94. The monoisotopic (exact) mass is 347 g/mol. The van der Waals surface area contributed by atoms with Crippen molar-refractivity contribution < 1.29 is 9.90 Å². The number of carboxylic acids is 1. The summed E-state index contributed by atoms with van der Waals surface area (Å²) in [6, 6.07) is 15.2. The van der Waals surface area contributed by atoms with Crippen molar-refractivity contribution >= 4 is 16.9 Å². The summed E-state index contributed by atoms with van der Waals surface area (Å²) in [6.07, 6.45) is 6.15. The van der Waals surface area contributed by atoms with Crippen LogP contribution in [0, 0.1) is 0 Å². The number of para-hydroxylation sites is 1. The fraction of sp³-hybridized carbons (Fsp3) is 0.286. The minimum Gasteiger partial charge on any atom is -0.480 e. The normalized spacial score (nSPS) is 19.3. The Morgan fingerprint density at radius 3 is 2.81 bits per heavy atom. The van der Waals surface area contributed by atoms with Crippen molar-refractivity contribution in [3.05, 3.63) is 72.2 Å². The topological polar surface area (TPSA) is 66.3 Å². The Morgan fingerprint density at radius 1 is 1.12 bits per heavy atom. The number of piperidine rings is 1. The van der Waals surface area contributed by atoms with Crippen LogP contribution in [0.5, 0.6) is 0 Å². The lowest BCUT2D eigenvalue weighted by Gasteiger charge is -2.39. The number of carboxylic acid groups (broad SMARTS) is 1. The molecule has 3 heterocycles. The Bertz CT molecular complexity index is 913. The maximum Gasteiger partial charge on any atom is 0.320 e. The van der Waals surface area contributed by atoms with Crippen LogP contribution < -0.4 is 0 Å². The van der Waals surface area contributed by atoms with E-state index in [1.807, 2.05) is 48.7 Å². The van der Waals surface area contributed by atoms with E-state index in [2.05, 4.69) is 16.0 Å². The van der Waals surface area contributed by atoms with Gasteiger partial charge in [0.15, 0.2) is 0 Å². The van der Waals surface area contributed by atoms with E-state index in [1.165, 1.54) is 0 Å². The number of hydrogen-bond acceptors (Lipinski definition) is 4. The van der Waals surface area contributed by atoms with Crippen LogP contribution in [0.25, 0.3) is 10.9 Å². The van der Waals surface area contributed by atoms with E-state index in [0.29, 0.717) is 6.42 Å². The summed E-state index contributed by atoms with van der Waals surface area (Å²) in [4.78, 5) is 23.1. The first-order valence-corrected chi connectivity index (χ1v) is 8.98. The molecular weight excluding hydrogens is 326 g/mol. The van der Waals surface area contributed by atoms with Gasteiger partial charge in [0.25, 0.3) is 0 Å². The van der Waals surface area contributed by atoms with Gasteiger partial charge in [0.1, 0.15) is 6.04 Å². The number of pyridine rings is 2. The van der Waals surface area contributed by atoms with Crippen LogP contribution in [0.15, 0.2) is 60.9 Å². The predicted molar refractivity (Wildman–Crippen MR) is 99.8 cm³/mol. The summed E-state index contributed by atoms with van der Waals surface area (Å²) in [5, 5.41) is 10.8. The zero-order chi connectivity index (χ0) is 17.9. The number of likely N-dealkylation sites (tertiary alicyclic amines) is 1. The zero-order valence-corrected chi connectivity index (χ0v) is 14.5. The highest BCUT2D eigenvalue weighted by Gasteiger charge is 2.35. The van der Waals surface area contributed by atoms with Gasteiger partial charge in [-0.05, 0) is 43.1 Å². The van der Waals surface area contributed by atoms with Gasteiger partial charge >= 0.3 is 5.97 Å². The summed E-state index contributed by atoms with van der Waals surface area (Å²) >= 11 is 0. The summed E-state index contributed by atoms with van der Waals surface area (Å²) in [6.45, 7) is 0.741. The highest BCUT2D eigenvalue weighted by molar-refractivity contribution is 5.78. The van der Waals surface area contributed by atoms with Crippen LogP contribution in [-0.2, 0) is 4.79 Å². The second-order valence-corrected chi connectivity index (χ2v) is 6.71. The van der Waals surface area contributed by atoms with Gasteiger partial charge in [0, 0.05) is 17.8 Å². The highest BCUT2D eigenvalue weighted by Crippen LogP contribution is 2.33. The number of hydrogen-bond donors (Lipinski definition) is 1. The van der Waals surface area contributed by atoms with Gasteiger partial charge < -0.3 is 5.11 Å². The van der Waals surface area contributed by atoms with Crippen molar-refractivity contribution in [3.63, 3.8) is 0 Å². The van der Waals surface area contributed by atoms with Gasteiger partial charge in [-0.25, -0.2) is 0 Å². The predicted octanol–water partition coefficient (Wildman–Crippen LogP) is 3.66. The quantitative estimate of drug-likeness (QED) is 0.780. The Kier molecular flexibility index (Phi) is 4.63. The smallest absolute Gasteiger partial charge is 0.320 e. The third-order valence-corrected chi connectivity index (χ3v) is 5.06. The molecule has 132 valence electrons. The Morgan fingerprint density at radius 2 is 2.00 bits per heavy atom. The molecule has 1 aliphatic rings. The van der Waals surface area contributed by atoms with Crippen LogP contribution in [0.1, 0.15) is 36.6 Å². The molecule has 0 amide bonds. The number of aliphatic carboxylic acids is 1. The molecule has 0 radical (unpaired) electrons. The molecule has 5 nitrogen and oxygen atoms in total. The molecule has 26 heavy (non-hydrogen) atoms. The number of nitrogens with zero attached hydrogens (tertiary/aromatic N) is 3. The lowest BCUT2D eigenvalue weighted by molar-refractivity contribution is -0.145. The number of aromatic nitrogens is 2. The van der Waals surface area contributed by atoms with Crippen molar-refractivity contribution in [2.24, 2.45) is 0 Å². The molecule has 1 aliphatic heterocycles. The zero-order valence-electron chi connectivity index (χ0n) is 14.5. The maximum atomic E-state index is 11.9. The summed E-state index contributed by atoms with van der Waals surface area (Å²) < 4.78 is 0. The van der Waals surface area contributed by atoms with E-state index in [4.69, 9.17) is 4.98 Å². The van der Waals surface area contributed by atoms with Gasteiger partial charge in [0.2, 0.25) is 0 Å². The number of rotatable bonds is 4. The minimum atomic E-state index is -0.764. The van der Waals surface area contributed by atoms with Gasteiger partial charge in [-0.3, -0.25) is 19.7 Å². The molecule has 0 saturated carbocycles. The average Bonchev–Trinajstić information content (AvgIpc) is 2.69. The molecular formula is C21H21N3O2. The Balaban J connectivity index is 1.83. The van der Waals surface area contributed by atoms with E-state index < -0.39 is 12.0 Å². The molecule has 0 aliphatic carbocycles. The third-order valence-electron chi connectivity index (χ3n) is 5.06. The molecule has 2 atom stereocenters. The van der Waals surface area contributed by atoms with Crippen molar-refractivity contribution in [1.82, 2.24) is 14.9 Å². The molecule has 1 aromatic carbocycles. The molecule has 3 aromatic rings. The molecule has 1 N–H and O–H groups in total. The van der Waals surface area contributed by atoms with E-state index in [1.54, 1.807) is 6.20 Å². The van der Waals surface area contributed by atoms with Crippen molar-refractivity contribution in [2.75, 3.05) is 6.54 Å². The molecule has 0 bridgehead atoms. The van der Waals surface area contributed by atoms with Crippen LogP contribution in [0.2, 0.25) is 0 Å². The van der Waals surface area contributed by atoms with Crippen molar-refractivity contribution in [1.29, 1.82) is 0 Å². The number of carbonyl (C=O) groups is 1. The fourth-order valence-electron chi connectivity index (χ4n) is 3.83. The number of fused-ring (bicyclic) bond motifs is 1. The van der Waals surface area contributed by atoms with E-state index >= 15 is 0 Å². The van der Waals surface area contributed by atoms with Crippen molar-refractivity contribution in [3.8, 4) is 0 Å². The van der Waals surface area contributed by atoms with Gasteiger partial charge in [0.05, 0.1) is 17.3 Å². The molecule has 1 saturated heterocycles. The van der Waals surface area contributed by atoms with E-state index in [-0.39, 0.29) is 6.04 Å². The number of benzene rings is 1. The first kappa shape index (κ1) is 16.7. The third kappa shape index (κ3) is 3.18. The first-order chi connectivity index (χ1) is 12.7. The summed E-state index contributed by atoms with van der Waals surface area (Å²) in [7, 11) is 0. The highest BCUT2D eigenvalue weighted by atomic mass is 16.4. The summed E-state index contributed by atoms with van der Waals surface area (Å²) in [5.41, 5.74) is 2.76. The molecule has 4 rings (SSSR count). The van der Waals surface area contributed by atoms with E-state index in [9.17, 15) is 9.90 Å². The lowest BCUT2D eigenvalue weighted by Crippen LogP contribution is -2.47. The standard InChI is InChI=1S/C21H21N3O2/c25-21(26)19-9-3-4-13-24(19)20(16-7-5-12-22-14-16)18-11-10-15-6-1-2-8-17(15)23-18/h1-2,5-8,10-12,14,19-20H,3-4,9,13H2,(H,25,26). The fourth-order valence-corrected chi connectivity index (χ4v) is 3.83. The molecule has 2 unspecified atom stereocenters. The molecule has 1 fully saturated rings. The SMILES string of the molecule is O=C(O)C1CCCCN1C(c1cccnc1)c1ccc2ccccc2n1. The van der Waals surface area contributed by atoms with Crippen LogP contribution >= 0.6 is 0 Å². The molecule has 0 spiro atoms. The minimum absolute atomic E-state index is 0.213. The van der Waals surface area contributed by atoms with Gasteiger partial charge in [-0.1, -0.05) is 36.8 Å². The van der Waals surface area contributed by atoms with Crippen LogP contribution in [0.4, 0.5) is 0 Å². The largest absolute Gasteiger partial charge is 0.480 e. The molecule has 5 heteroatoms. The van der Waals surface area contributed by atoms with Crippen LogP contribution in [0.3, 0.4) is 0 Å². The van der Waals surface area contributed by atoms with E-state index in [0.717, 1.165) is 41.5 Å².